The number of rotatable bonds is 7. The first-order valence-electron chi connectivity index (χ1n) is 6.22. The molecule has 2 N–H and O–H groups in total. The largest absolute Gasteiger partial charge is 0.460 e. The summed E-state index contributed by atoms with van der Waals surface area (Å²) in [5.74, 6) is -0.581. The topological polar surface area (TPSA) is 91.4 Å². The molecule has 7 heteroatoms. The average Bonchev–Trinajstić information content (AvgIpc) is 2.70. The minimum atomic E-state index is -3.13. The summed E-state index contributed by atoms with van der Waals surface area (Å²) in [6, 6.07) is 1.52. The number of anilines is 1. The van der Waals surface area contributed by atoms with E-state index in [2.05, 4.69) is 0 Å². The molecule has 0 spiro atoms. The molecule has 1 aromatic rings. The van der Waals surface area contributed by atoms with Gasteiger partial charge in [-0.1, -0.05) is 6.92 Å². The van der Waals surface area contributed by atoms with Crippen LogP contribution in [0.4, 0.5) is 5.69 Å². The molecule has 0 unspecified atom stereocenters. The van der Waals surface area contributed by atoms with Crippen molar-refractivity contribution in [3.8, 4) is 0 Å². The lowest BCUT2D eigenvalue weighted by atomic mass is 10.4. The van der Waals surface area contributed by atoms with Crippen LogP contribution in [0.15, 0.2) is 12.3 Å². The van der Waals surface area contributed by atoms with Gasteiger partial charge in [-0.3, -0.25) is 0 Å². The molecule has 6 nitrogen and oxygen atoms in total. The van der Waals surface area contributed by atoms with Gasteiger partial charge in [0.1, 0.15) is 12.3 Å². The van der Waals surface area contributed by atoms with Crippen molar-refractivity contribution >= 4 is 21.5 Å². The van der Waals surface area contributed by atoms with Gasteiger partial charge in [-0.05, 0) is 19.4 Å². The lowest BCUT2D eigenvalue weighted by molar-refractivity contribution is 0.0517. The highest BCUT2D eigenvalue weighted by molar-refractivity contribution is 7.91. The van der Waals surface area contributed by atoms with Crippen LogP contribution in [0, 0.1) is 0 Å². The zero-order chi connectivity index (χ0) is 14.5. The van der Waals surface area contributed by atoms with E-state index in [9.17, 15) is 13.2 Å². The highest BCUT2D eigenvalue weighted by Gasteiger charge is 2.15. The molecule has 0 bridgehead atoms. The minimum Gasteiger partial charge on any atom is -0.460 e. The van der Waals surface area contributed by atoms with Crippen LogP contribution < -0.4 is 5.73 Å². The number of carbonyl (C=O) groups excluding carboxylic acids is 1. The maximum absolute atomic E-state index is 11.8. The number of nitrogens with two attached hydrogens (primary N) is 1. The summed E-state index contributed by atoms with van der Waals surface area (Å²) in [4.78, 5) is 11.8. The van der Waals surface area contributed by atoms with Crippen molar-refractivity contribution in [3.05, 3.63) is 18.0 Å². The van der Waals surface area contributed by atoms with E-state index >= 15 is 0 Å². The highest BCUT2D eigenvalue weighted by Crippen LogP contribution is 2.11. The van der Waals surface area contributed by atoms with Crippen LogP contribution in [-0.4, -0.2) is 37.1 Å². The quantitative estimate of drug-likeness (QED) is 0.758. The van der Waals surface area contributed by atoms with E-state index in [4.69, 9.17) is 10.5 Å². The Morgan fingerprint density at radius 1 is 1.37 bits per heavy atom. The fourth-order valence-corrected chi connectivity index (χ4v) is 2.88. The fourth-order valence-electron chi connectivity index (χ4n) is 1.71. The predicted octanol–water partition coefficient (Wildman–Crippen LogP) is 1.07. The molecule has 0 aliphatic carbocycles. The first-order valence-corrected chi connectivity index (χ1v) is 8.05. The van der Waals surface area contributed by atoms with Crippen LogP contribution in [0.5, 0.6) is 0 Å². The molecule has 0 aromatic carbocycles. The molecule has 0 aliphatic rings. The van der Waals surface area contributed by atoms with Crippen LogP contribution in [0.25, 0.3) is 0 Å². The van der Waals surface area contributed by atoms with Gasteiger partial charge in [0, 0.05) is 12.7 Å². The second-order valence-electron chi connectivity index (χ2n) is 4.23. The third-order valence-corrected chi connectivity index (χ3v) is 4.43. The van der Waals surface area contributed by atoms with E-state index in [-0.39, 0.29) is 18.1 Å². The minimum absolute atomic E-state index is 0.114. The van der Waals surface area contributed by atoms with Crippen molar-refractivity contribution < 1.29 is 17.9 Å². The van der Waals surface area contributed by atoms with Crippen molar-refractivity contribution in [2.45, 2.75) is 26.8 Å². The Morgan fingerprint density at radius 3 is 2.63 bits per heavy atom. The first-order chi connectivity index (χ1) is 8.89. The summed E-state index contributed by atoms with van der Waals surface area (Å²) in [5, 5.41) is 0. The molecular weight excluding hydrogens is 268 g/mol. The van der Waals surface area contributed by atoms with E-state index in [1.165, 1.54) is 6.07 Å². The number of ether oxygens (including phenoxy) is 1. The number of esters is 1. The SMILES string of the molecule is CCCS(=O)(=O)CCOC(=O)c1cc(N)cn1CC. The zero-order valence-electron chi connectivity index (χ0n) is 11.3. The highest BCUT2D eigenvalue weighted by atomic mass is 32.2. The van der Waals surface area contributed by atoms with Crippen molar-refractivity contribution in [1.82, 2.24) is 4.57 Å². The maximum atomic E-state index is 11.8. The van der Waals surface area contributed by atoms with Crippen molar-refractivity contribution in [2.75, 3.05) is 23.8 Å². The summed E-state index contributed by atoms with van der Waals surface area (Å²) < 4.78 is 29.6. The van der Waals surface area contributed by atoms with Gasteiger partial charge in [0.2, 0.25) is 0 Å². The van der Waals surface area contributed by atoms with Crippen LogP contribution in [-0.2, 0) is 21.1 Å². The predicted molar refractivity (Wildman–Crippen MR) is 73.7 cm³/mol. The summed E-state index contributed by atoms with van der Waals surface area (Å²) >= 11 is 0. The molecule has 0 amide bonds. The van der Waals surface area contributed by atoms with Crippen molar-refractivity contribution in [1.29, 1.82) is 0 Å². The maximum Gasteiger partial charge on any atom is 0.355 e. The molecule has 1 rings (SSSR count). The first kappa shape index (κ1) is 15.6. The Morgan fingerprint density at radius 2 is 2.05 bits per heavy atom. The van der Waals surface area contributed by atoms with Gasteiger partial charge in [0.15, 0.2) is 9.84 Å². The number of carbonyl (C=O) groups is 1. The van der Waals surface area contributed by atoms with Gasteiger partial charge in [0.25, 0.3) is 0 Å². The van der Waals surface area contributed by atoms with Crippen molar-refractivity contribution in [3.63, 3.8) is 0 Å². The smallest absolute Gasteiger partial charge is 0.355 e. The Bertz CT molecular complexity index is 534. The second kappa shape index (κ2) is 6.60. The second-order valence-corrected chi connectivity index (χ2v) is 6.54. The Balaban J connectivity index is 2.56. The van der Waals surface area contributed by atoms with Gasteiger partial charge in [-0.25, -0.2) is 13.2 Å². The molecular formula is C12H20N2O4S. The lowest BCUT2D eigenvalue weighted by Crippen LogP contribution is -2.19. The average molecular weight is 288 g/mol. The molecule has 0 saturated carbocycles. The van der Waals surface area contributed by atoms with Gasteiger partial charge in [0.05, 0.1) is 17.2 Å². The molecule has 0 aliphatic heterocycles. The fraction of sp³-hybridized carbons (Fsp3) is 0.583. The summed E-state index contributed by atoms with van der Waals surface area (Å²) in [5.41, 5.74) is 6.43. The molecule has 1 heterocycles. The molecule has 0 fully saturated rings. The zero-order valence-corrected chi connectivity index (χ0v) is 12.1. The number of aromatic nitrogens is 1. The molecule has 0 saturated heterocycles. The van der Waals surface area contributed by atoms with Crippen molar-refractivity contribution in [2.24, 2.45) is 0 Å². The summed E-state index contributed by atoms with van der Waals surface area (Å²) in [6.07, 6.45) is 2.20. The molecule has 0 radical (unpaired) electrons. The van der Waals surface area contributed by atoms with Gasteiger partial charge < -0.3 is 15.0 Å². The molecule has 108 valence electrons. The number of nitrogen functional groups attached to an aromatic ring is 1. The van der Waals surface area contributed by atoms with Gasteiger partial charge >= 0.3 is 5.97 Å². The number of hydrogen-bond acceptors (Lipinski definition) is 5. The van der Waals surface area contributed by atoms with Crippen LogP contribution >= 0.6 is 0 Å². The number of hydrogen-bond donors (Lipinski definition) is 1. The lowest BCUT2D eigenvalue weighted by Gasteiger charge is -2.07. The monoisotopic (exact) mass is 288 g/mol. The normalized spacial score (nSPS) is 11.5. The molecule has 19 heavy (non-hydrogen) atoms. The summed E-state index contributed by atoms with van der Waals surface area (Å²) in [6.45, 7) is 4.13. The Kier molecular flexibility index (Phi) is 5.41. The number of nitrogens with zero attached hydrogens (tertiary/aromatic N) is 1. The number of aryl methyl sites for hydroxylation is 1. The van der Waals surface area contributed by atoms with Crippen LogP contribution in [0.2, 0.25) is 0 Å². The molecule has 1 aromatic heterocycles. The van der Waals surface area contributed by atoms with E-state index in [0.29, 0.717) is 24.3 Å². The van der Waals surface area contributed by atoms with E-state index in [1.807, 2.05) is 6.92 Å². The Hall–Kier alpha value is -1.50. The summed E-state index contributed by atoms with van der Waals surface area (Å²) in [7, 11) is -3.13. The molecule has 0 atom stereocenters. The van der Waals surface area contributed by atoms with Gasteiger partial charge in [-0.15, -0.1) is 0 Å². The number of sulfone groups is 1. The van der Waals surface area contributed by atoms with Crippen LogP contribution in [0.3, 0.4) is 0 Å². The Labute approximate surface area is 113 Å². The van der Waals surface area contributed by atoms with E-state index in [1.54, 1.807) is 17.7 Å². The van der Waals surface area contributed by atoms with E-state index in [0.717, 1.165) is 0 Å². The van der Waals surface area contributed by atoms with Gasteiger partial charge in [-0.2, -0.15) is 0 Å². The van der Waals surface area contributed by atoms with Crippen LogP contribution in [0.1, 0.15) is 30.8 Å². The standard InChI is InChI=1S/C12H20N2O4S/c1-3-6-19(16,17)7-5-18-12(15)11-8-10(13)9-14(11)4-2/h8-9H,3-7,13H2,1-2H3. The van der Waals surface area contributed by atoms with E-state index < -0.39 is 15.8 Å². The third-order valence-electron chi connectivity index (χ3n) is 2.61. The third kappa shape index (κ3) is 4.59.